The molecule has 0 saturated carbocycles. The van der Waals surface area contributed by atoms with Gasteiger partial charge in [0.1, 0.15) is 5.75 Å². The molecule has 2 aromatic rings. The monoisotopic (exact) mass is 446 g/mol. The van der Waals surface area contributed by atoms with Crippen molar-refractivity contribution in [3.63, 3.8) is 0 Å². The molecule has 0 aromatic heterocycles. The van der Waals surface area contributed by atoms with Crippen LogP contribution in [0, 0.1) is 0 Å². The summed E-state index contributed by atoms with van der Waals surface area (Å²) >= 11 is 15.0. The van der Waals surface area contributed by atoms with E-state index in [0.717, 1.165) is 0 Å². The quantitative estimate of drug-likeness (QED) is 0.518. The van der Waals surface area contributed by atoms with E-state index in [1.54, 1.807) is 24.3 Å². The zero-order valence-electron chi connectivity index (χ0n) is 12.9. The molecule has 2 aromatic carbocycles. The van der Waals surface area contributed by atoms with Gasteiger partial charge >= 0.3 is 0 Å². The SMILES string of the molecule is COc1cc(Br)cc(/C=N/NC(=O)COc2ccc(Cl)cc2Cl)c1O. The van der Waals surface area contributed by atoms with Crippen LogP contribution in [0.15, 0.2) is 39.9 Å². The van der Waals surface area contributed by atoms with Crippen LogP contribution in [0.1, 0.15) is 5.56 Å². The number of carbonyl (C=O) groups is 1. The molecule has 132 valence electrons. The van der Waals surface area contributed by atoms with Crippen LogP contribution in [0.3, 0.4) is 0 Å². The van der Waals surface area contributed by atoms with E-state index >= 15 is 0 Å². The number of hydrazone groups is 1. The zero-order valence-corrected chi connectivity index (χ0v) is 16.0. The van der Waals surface area contributed by atoms with Crippen LogP contribution in [-0.4, -0.2) is 30.9 Å². The molecule has 0 aliphatic carbocycles. The van der Waals surface area contributed by atoms with Crippen molar-refractivity contribution in [3.8, 4) is 17.2 Å². The number of ether oxygens (including phenoxy) is 2. The van der Waals surface area contributed by atoms with E-state index in [2.05, 4.69) is 26.5 Å². The molecule has 0 aliphatic heterocycles. The van der Waals surface area contributed by atoms with Crippen molar-refractivity contribution < 1.29 is 19.4 Å². The van der Waals surface area contributed by atoms with Crippen molar-refractivity contribution in [2.75, 3.05) is 13.7 Å². The Balaban J connectivity index is 1.93. The Morgan fingerprint density at radius 2 is 2.08 bits per heavy atom. The van der Waals surface area contributed by atoms with E-state index in [1.807, 2.05) is 0 Å². The number of aromatic hydroxyl groups is 1. The van der Waals surface area contributed by atoms with Gasteiger partial charge in [-0.15, -0.1) is 0 Å². The maximum absolute atomic E-state index is 11.7. The van der Waals surface area contributed by atoms with E-state index in [9.17, 15) is 9.90 Å². The Morgan fingerprint density at radius 1 is 1.32 bits per heavy atom. The lowest BCUT2D eigenvalue weighted by atomic mass is 10.2. The van der Waals surface area contributed by atoms with Crippen LogP contribution in [0.4, 0.5) is 0 Å². The largest absolute Gasteiger partial charge is 0.504 e. The van der Waals surface area contributed by atoms with Crippen LogP contribution in [0.25, 0.3) is 0 Å². The lowest BCUT2D eigenvalue weighted by molar-refractivity contribution is -0.123. The van der Waals surface area contributed by atoms with Gasteiger partial charge in [0.25, 0.3) is 5.91 Å². The fraction of sp³-hybridized carbons (Fsp3) is 0.125. The molecule has 1 amide bonds. The second kappa shape index (κ2) is 8.94. The average molecular weight is 448 g/mol. The fourth-order valence-electron chi connectivity index (χ4n) is 1.79. The number of methoxy groups -OCH3 is 1. The smallest absolute Gasteiger partial charge is 0.277 e. The van der Waals surface area contributed by atoms with Crippen molar-refractivity contribution >= 4 is 51.3 Å². The summed E-state index contributed by atoms with van der Waals surface area (Å²) in [5.41, 5.74) is 2.65. The first-order valence-corrected chi connectivity index (χ1v) is 8.42. The predicted octanol–water partition coefficient (Wildman–Crippen LogP) is 4.00. The minimum atomic E-state index is -0.497. The molecule has 2 N–H and O–H groups in total. The van der Waals surface area contributed by atoms with E-state index in [-0.39, 0.29) is 18.1 Å². The summed E-state index contributed by atoms with van der Waals surface area (Å²) in [5.74, 6) is 0.0269. The number of phenols is 1. The number of amides is 1. The van der Waals surface area contributed by atoms with Crippen molar-refractivity contribution in [2.24, 2.45) is 5.10 Å². The Morgan fingerprint density at radius 3 is 2.76 bits per heavy atom. The van der Waals surface area contributed by atoms with Crippen LogP contribution in [-0.2, 0) is 4.79 Å². The van der Waals surface area contributed by atoms with E-state index in [4.69, 9.17) is 32.7 Å². The number of rotatable bonds is 6. The third-order valence-corrected chi connectivity index (χ3v) is 3.92. The maximum Gasteiger partial charge on any atom is 0.277 e. The first-order chi connectivity index (χ1) is 11.9. The normalized spacial score (nSPS) is 10.7. The number of nitrogens with zero attached hydrogens (tertiary/aromatic N) is 1. The summed E-state index contributed by atoms with van der Waals surface area (Å²) in [6.45, 7) is -0.285. The minimum absolute atomic E-state index is 0.0899. The lowest BCUT2D eigenvalue weighted by Crippen LogP contribution is -2.24. The minimum Gasteiger partial charge on any atom is -0.504 e. The lowest BCUT2D eigenvalue weighted by Gasteiger charge is -2.08. The van der Waals surface area contributed by atoms with Gasteiger partial charge in [-0.3, -0.25) is 4.79 Å². The van der Waals surface area contributed by atoms with Crippen molar-refractivity contribution in [2.45, 2.75) is 0 Å². The van der Waals surface area contributed by atoms with Gasteiger partial charge in [-0.2, -0.15) is 5.10 Å². The summed E-state index contributed by atoms with van der Waals surface area (Å²) in [4.78, 5) is 11.7. The molecule has 0 saturated heterocycles. The number of carbonyl (C=O) groups excluding carboxylic acids is 1. The first kappa shape index (κ1) is 19.4. The zero-order chi connectivity index (χ0) is 18.4. The molecule has 25 heavy (non-hydrogen) atoms. The Bertz CT molecular complexity index is 815. The Kier molecular flexibility index (Phi) is 6.92. The van der Waals surface area contributed by atoms with E-state index in [1.165, 1.54) is 19.4 Å². The van der Waals surface area contributed by atoms with Crippen LogP contribution in [0.5, 0.6) is 17.2 Å². The number of halogens is 3. The second-order valence-electron chi connectivity index (χ2n) is 4.70. The van der Waals surface area contributed by atoms with Crippen LogP contribution in [0.2, 0.25) is 10.0 Å². The molecule has 0 unspecified atom stereocenters. The Labute approximate surface area is 162 Å². The van der Waals surface area contributed by atoms with Crippen molar-refractivity contribution in [1.82, 2.24) is 5.43 Å². The average Bonchev–Trinajstić information content (AvgIpc) is 2.56. The van der Waals surface area contributed by atoms with Gasteiger partial charge < -0.3 is 14.6 Å². The third-order valence-electron chi connectivity index (χ3n) is 2.93. The molecule has 0 spiro atoms. The molecule has 0 aliphatic rings. The van der Waals surface area contributed by atoms with Crippen LogP contribution < -0.4 is 14.9 Å². The van der Waals surface area contributed by atoms with Gasteiger partial charge in [-0.1, -0.05) is 39.1 Å². The maximum atomic E-state index is 11.7. The number of hydrogen-bond donors (Lipinski definition) is 2. The Hall–Kier alpha value is -1.96. The molecule has 0 bridgehead atoms. The van der Waals surface area contributed by atoms with Gasteiger partial charge in [-0.25, -0.2) is 5.43 Å². The summed E-state index contributed by atoms with van der Waals surface area (Å²) in [7, 11) is 1.43. The van der Waals surface area contributed by atoms with Crippen molar-refractivity contribution in [3.05, 3.63) is 50.4 Å². The number of benzene rings is 2. The van der Waals surface area contributed by atoms with E-state index < -0.39 is 5.91 Å². The van der Waals surface area contributed by atoms with Crippen molar-refractivity contribution in [1.29, 1.82) is 0 Å². The second-order valence-corrected chi connectivity index (χ2v) is 6.46. The predicted molar refractivity (Wildman–Crippen MR) is 100 cm³/mol. The highest BCUT2D eigenvalue weighted by atomic mass is 79.9. The molecule has 0 radical (unpaired) electrons. The molecule has 0 atom stereocenters. The topological polar surface area (TPSA) is 80.2 Å². The summed E-state index contributed by atoms with van der Waals surface area (Å²) in [6, 6.07) is 7.90. The van der Waals surface area contributed by atoms with Gasteiger partial charge in [0, 0.05) is 15.1 Å². The van der Waals surface area contributed by atoms with Crippen LogP contribution >= 0.6 is 39.1 Å². The molecule has 2 rings (SSSR count). The highest BCUT2D eigenvalue weighted by Gasteiger charge is 2.09. The number of phenolic OH excluding ortho intramolecular Hbond substituents is 1. The molecule has 0 fully saturated rings. The first-order valence-electron chi connectivity index (χ1n) is 6.87. The van der Waals surface area contributed by atoms with Gasteiger partial charge in [-0.05, 0) is 30.3 Å². The highest BCUT2D eigenvalue weighted by Crippen LogP contribution is 2.32. The summed E-state index contributed by atoms with van der Waals surface area (Å²) in [5, 5.41) is 14.5. The standard InChI is InChI=1S/C16H13BrCl2N2O4/c1-24-14-5-10(17)4-9(16(14)23)7-20-21-15(22)8-25-13-3-2-11(18)6-12(13)19/h2-7,23H,8H2,1H3,(H,21,22)/b20-7+. The fourth-order valence-corrected chi connectivity index (χ4v) is 2.71. The highest BCUT2D eigenvalue weighted by molar-refractivity contribution is 9.10. The van der Waals surface area contributed by atoms with Gasteiger partial charge in [0.2, 0.25) is 0 Å². The third kappa shape index (κ3) is 5.52. The molecule has 6 nitrogen and oxygen atoms in total. The molecule has 9 heteroatoms. The number of nitrogens with one attached hydrogen (secondary N) is 1. The molecule has 0 heterocycles. The summed E-state index contributed by atoms with van der Waals surface area (Å²) < 4.78 is 11.0. The van der Waals surface area contributed by atoms with E-state index in [0.29, 0.717) is 25.8 Å². The number of hydrogen-bond acceptors (Lipinski definition) is 5. The van der Waals surface area contributed by atoms with Gasteiger partial charge in [0.05, 0.1) is 18.3 Å². The summed E-state index contributed by atoms with van der Waals surface area (Å²) in [6.07, 6.45) is 1.29. The molecular formula is C16H13BrCl2N2O4. The van der Waals surface area contributed by atoms with Gasteiger partial charge in [0.15, 0.2) is 18.1 Å². The molecular weight excluding hydrogens is 435 g/mol.